The molecule has 5 nitrogen and oxygen atoms in total. The Morgan fingerprint density at radius 3 is 2.65 bits per heavy atom. The van der Waals surface area contributed by atoms with Crippen molar-refractivity contribution < 1.29 is 9.59 Å². The van der Waals surface area contributed by atoms with Crippen LogP contribution in [0, 0.1) is 0 Å². The van der Waals surface area contributed by atoms with Gasteiger partial charge in [-0.3, -0.25) is 9.59 Å². The average molecular weight is 324 g/mol. The predicted octanol–water partition coefficient (Wildman–Crippen LogP) is 1.22. The van der Waals surface area contributed by atoms with Gasteiger partial charge in [-0.2, -0.15) is 0 Å². The third-order valence-electron chi connectivity index (χ3n) is 3.13. The van der Waals surface area contributed by atoms with Crippen molar-refractivity contribution in [2.75, 3.05) is 0 Å². The Morgan fingerprint density at radius 1 is 1.13 bits per heavy atom. The van der Waals surface area contributed by atoms with Gasteiger partial charge in [0.2, 0.25) is 0 Å². The molecule has 23 heavy (non-hydrogen) atoms. The Balaban J connectivity index is 1.83. The van der Waals surface area contributed by atoms with E-state index in [1.807, 2.05) is 12.1 Å². The number of hydrazone groups is 1. The number of rotatable bonds is 2. The second-order valence-corrected chi connectivity index (χ2v) is 5.14. The number of benzene rings is 2. The molecular formula is C17H10ClN3O2. The monoisotopic (exact) mass is 323 g/mol. The molecule has 2 aromatic rings. The number of halogens is 1. The molecule has 6 heteroatoms. The molecule has 0 unspecified atom stereocenters. The number of carbonyl (C=O) groups excluding carboxylic acids is 2. The van der Waals surface area contributed by atoms with Gasteiger partial charge in [0.1, 0.15) is 5.57 Å². The summed E-state index contributed by atoms with van der Waals surface area (Å²) in [6.45, 7) is 0. The van der Waals surface area contributed by atoms with Crippen LogP contribution in [-0.4, -0.2) is 17.7 Å². The van der Waals surface area contributed by atoms with Crippen molar-refractivity contribution in [3.8, 4) is 0 Å². The summed E-state index contributed by atoms with van der Waals surface area (Å²) >= 11 is 5.76. The van der Waals surface area contributed by atoms with Crippen molar-refractivity contribution in [3.63, 3.8) is 0 Å². The summed E-state index contributed by atoms with van der Waals surface area (Å²) in [5, 5.41) is 5.63. The van der Waals surface area contributed by atoms with Crippen LogP contribution in [0.4, 0.5) is 0 Å². The van der Waals surface area contributed by atoms with E-state index in [1.54, 1.807) is 42.5 Å². The van der Waals surface area contributed by atoms with E-state index in [4.69, 9.17) is 11.6 Å². The smallest absolute Gasteiger partial charge is 0.267 e. The summed E-state index contributed by atoms with van der Waals surface area (Å²) in [6, 6.07) is 13.6. The molecule has 0 saturated heterocycles. The van der Waals surface area contributed by atoms with Crippen LogP contribution in [0.1, 0.15) is 10.4 Å². The van der Waals surface area contributed by atoms with E-state index in [0.717, 1.165) is 5.22 Å². The molecule has 1 aliphatic heterocycles. The van der Waals surface area contributed by atoms with E-state index in [2.05, 4.69) is 21.4 Å². The number of amides is 2. The number of nitrogens with zero attached hydrogens (tertiary/aromatic N) is 2. The van der Waals surface area contributed by atoms with Crippen molar-refractivity contribution in [1.82, 2.24) is 5.43 Å². The van der Waals surface area contributed by atoms with Crippen LogP contribution >= 0.6 is 11.6 Å². The van der Waals surface area contributed by atoms with Crippen LogP contribution in [0.3, 0.4) is 0 Å². The maximum absolute atomic E-state index is 11.9. The van der Waals surface area contributed by atoms with Gasteiger partial charge >= 0.3 is 0 Å². The van der Waals surface area contributed by atoms with Crippen LogP contribution < -0.4 is 16.0 Å². The number of fused-ring (bicyclic) bond motifs is 1. The Bertz CT molecular complexity index is 972. The summed E-state index contributed by atoms with van der Waals surface area (Å²) in [7, 11) is 0. The quantitative estimate of drug-likeness (QED) is 0.513. The molecule has 1 N–H and O–H groups in total. The number of hydrogen-bond donors (Lipinski definition) is 1. The van der Waals surface area contributed by atoms with Crippen LogP contribution in [-0.2, 0) is 4.79 Å². The summed E-state index contributed by atoms with van der Waals surface area (Å²) in [4.78, 5) is 27.7. The van der Waals surface area contributed by atoms with Gasteiger partial charge in [0, 0.05) is 21.7 Å². The Morgan fingerprint density at radius 2 is 1.87 bits per heavy atom. The highest BCUT2D eigenvalue weighted by Gasteiger charge is 2.09. The predicted molar refractivity (Wildman–Crippen MR) is 86.6 cm³/mol. The highest BCUT2D eigenvalue weighted by Crippen LogP contribution is 2.09. The minimum absolute atomic E-state index is 0.181. The summed E-state index contributed by atoms with van der Waals surface area (Å²) < 4.78 is 0. The molecule has 0 aromatic heterocycles. The first-order chi connectivity index (χ1) is 11.1. The summed E-state index contributed by atoms with van der Waals surface area (Å²) in [6.07, 6.45) is 1.63. The van der Waals surface area contributed by atoms with E-state index < -0.39 is 11.8 Å². The lowest BCUT2D eigenvalue weighted by molar-refractivity contribution is -0.114. The molecular weight excluding hydrogens is 314 g/mol. The SMILES string of the molecule is O=C1N=c2ccccc2=CC1=C=NNC(=O)c1ccc(Cl)cc1. The molecule has 0 atom stereocenters. The fraction of sp³-hybridized carbons (Fsp3) is 0. The molecule has 3 rings (SSSR count). The molecule has 0 spiro atoms. The van der Waals surface area contributed by atoms with E-state index in [1.165, 1.54) is 0 Å². The minimum atomic E-state index is -0.451. The molecule has 0 bridgehead atoms. The zero-order valence-corrected chi connectivity index (χ0v) is 12.5. The van der Waals surface area contributed by atoms with Gasteiger partial charge < -0.3 is 0 Å². The first kappa shape index (κ1) is 14.9. The lowest BCUT2D eigenvalue weighted by Crippen LogP contribution is -2.30. The van der Waals surface area contributed by atoms with Gasteiger partial charge in [-0.15, -0.1) is 5.10 Å². The van der Waals surface area contributed by atoms with Crippen LogP contribution in [0.25, 0.3) is 6.08 Å². The molecule has 2 amide bonds. The molecule has 112 valence electrons. The fourth-order valence-corrected chi connectivity index (χ4v) is 2.11. The lowest BCUT2D eigenvalue weighted by atomic mass is 10.1. The van der Waals surface area contributed by atoms with Crippen molar-refractivity contribution in [2.45, 2.75) is 0 Å². The molecule has 1 aliphatic rings. The Kier molecular flexibility index (Phi) is 4.15. The fourth-order valence-electron chi connectivity index (χ4n) is 1.98. The van der Waals surface area contributed by atoms with Crippen molar-refractivity contribution in [1.29, 1.82) is 0 Å². The second kappa shape index (κ2) is 6.40. The molecule has 0 fully saturated rings. The molecule has 2 aromatic carbocycles. The maximum atomic E-state index is 11.9. The first-order valence-electron chi connectivity index (χ1n) is 6.72. The zero-order valence-electron chi connectivity index (χ0n) is 11.8. The van der Waals surface area contributed by atoms with Crippen LogP contribution in [0.2, 0.25) is 5.02 Å². The summed E-state index contributed by atoms with van der Waals surface area (Å²) in [5.41, 5.74) is 2.89. The lowest BCUT2D eigenvalue weighted by Gasteiger charge is -2.00. The number of carbonyl (C=O) groups is 2. The van der Waals surface area contributed by atoms with Gasteiger partial charge in [0.15, 0.2) is 0 Å². The molecule has 0 saturated carbocycles. The summed E-state index contributed by atoms with van der Waals surface area (Å²) in [5.74, 6) is 1.64. The van der Waals surface area contributed by atoms with Crippen LogP contribution in [0.15, 0.2) is 64.2 Å². The van der Waals surface area contributed by atoms with Gasteiger partial charge in [-0.1, -0.05) is 29.8 Å². The van der Waals surface area contributed by atoms with Crippen molar-refractivity contribution in [3.05, 3.63) is 75.3 Å². The van der Waals surface area contributed by atoms with E-state index in [0.29, 0.717) is 15.9 Å². The number of nitrogens with one attached hydrogen (secondary N) is 1. The Labute approximate surface area is 136 Å². The highest BCUT2D eigenvalue weighted by atomic mass is 35.5. The second-order valence-electron chi connectivity index (χ2n) is 4.71. The van der Waals surface area contributed by atoms with E-state index in [-0.39, 0.29) is 5.57 Å². The standard InChI is InChI=1S/C17H10ClN3O2/c18-14-7-5-11(6-8-14)17(23)21-19-10-13-9-12-3-1-2-4-15(12)20-16(13)22/h1-9H,(H,21,23). The van der Waals surface area contributed by atoms with Crippen molar-refractivity contribution >= 4 is 35.4 Å². The Hall–Kier alpha value is -3.01. The average Bonchev–Trinajstić information content (AvgIpc) is 2.56. The zero-order chi connectivity index (χ0) is 16.2. The maximum Gasteiger partial charge on any atom is 0.287 e. The molecule has 0 aliphatic carbocycles. The largest absolute Gasteiger partial charge is 0.287 e. The highest BCUT2D eigenvalue weighted by molar-refractivity contribution is 6.30. The van der Waals surface area contributed by atoms with Gasteiger partial charge in [0.05, 0.1) is 5.36 Å². The third kappa shape index (κ3) is 3.43. The normalized spacial score (nSPS) is 12.4. The number of para-hydroxylation sites is 1. The third-order valence-corrected chi connectivity index (χ3v) is 3.38. The first-order valence-corrected chi connectivity index (χ1v) is 7.10. The van der Waals surface area contributed by atoms with E-state index >= 15 is 0 Å². The molecule has 1 heterocycles. The van der Waals surface area contributed by atoms with Crippen molar-refractivity contribution in [2.24, 2.45) is 10.1 Å². The van der Waals surface area contributed by atoms with E-state index in [9.17, 15) is 9.59 Å². The number of hydrogen-bond acceptors (Lipinski definition) is 3. The molecule has 0 radical (unpaired) electrons. The minimum Gasteiger partial charge on any atom is -0.267 e. The van der Waals surface area contributed by atoms with Gasteiger partial charge in [-0.05, 0) is 36.4 Å². The van der Waals surface area contributed by atoms with Crippen LogP contribution in [0.5, 0.6) is 0 Å². The van der Waals surface area contributed by atoms with Gasteiger partial charge in [0.25, 0.3) is 11.8 Å². The topological polar surface area (TPSA) is 70.9 Å². The van der Waals surface area contributed by atoms with Gasteiger partial charge in [-0.25, -0.2) is 10.4 Å².